The summed E-state index contributed by atoms with van der Waals surface area (Å²) in [5, 5.41) is 12.3. The van der Waals surface area contributed by atoms with Crippen LogP contribution in [0.1, 0.15) is 41.6 Å². The minimum atomic E-state index is -0.887. The van der Waals surface area contributed by atoms with Crippen LogP contribution in [0.25, 0.3) is 0 Å². The van der Waals surface area contributed by atoms with E-state index in [1.165, 1.54) is 0 Å². The average molecular weight is 282 g/mol. The quantitative estimate of drug-likeness (QED) is 0.892. The van der Waals surface area contributed by atoms with Gasteiger partial charge >= 0.3 is 5.97 Å². The molecule has 1 amide bonds. The Morgan fingerprint density at radius 1 is 1.42 bits per heavy atom. The molecular formula is C14H16ClNO3. The maximum absolute atomic E-state index is 12.1. The summed E-state index contributed by atoms with van der Waals surface area (Å²) in [6.45, 7) is 1.86. The number of carbonyl (C=O) groups is 2. The van der Waals surface area contributed by atoms with Crippen molar-refractivity contribution in [2.45, 2.75) is 38.1 Å². The van der Waals surface area contributed by atoms with Crippen LogP contribution in [-0.2, 0) is 4.79 Å². The zero-order valence-corrected chi connectivity index (χ0v) is 11.5. The Morgan fingerprint density at radius 3 is 2.58 bits per heavy atom. The molecule has 0 aromatic heterocycles. The van der Waals surface area contributed by atoms with E-state index in [0.29, 0.717) is 23.4 Å². The Bertz CT molecular complexity index is 523. The fraction of sp³-hybridized carbons (Fsp3) is 0.429. The van der Waals surface area contributed by atoms with E-state index in [9.17, 15) is 9.59 Å². The van der Waals surface area contributed by atoms with Gasteiger partial charge in [-0.15, -0.1) is 0 Å². The fourth-order valence-electron chi connectivity index (χ4n) is 2.29. The van der Waals surface area contributed by atoms with Crippen molar-refractivity contribution in [1.29, 1.82) is 0 Å². The van der Waals surface area contributed by atoms with Gasteiger partial charge in [0.15, 0.2) is 0 Å². The smallest absolute Gasteiger partial charge is 0.305 e. The summed E-state index contributed by atoms with van der Waals surface area (Å²) in [6.07, 6.45) is 2.34. The number of amides is 1. The molecule has 1 aliphatic carbocycles. The molecule has 4 nitrogen and oxygen atoms in total. The van der Waals surface area contributed by atoms with E-state index in [2.05, 4.69) is 5.32 Å². The van der Waals surface area contributed by atoms with E-state index < -0.39 is 11.5 Å². The van der Waals surface area contributed by atoms with Gasteiger partial charge in [0.1, 0.15) is 0 Å². The Kier molecular flexibility index (Phi) is 3.80. The highest BCUT2D eigenvalue weighted by Crippen LogP contribution is 2.35. The summed E-state index contributed by atoms with van der Waals surface area (Å²) in [5.41, 5.74) is 0.787. The first-order valence-corrected chi connectivity index (χ1v) is 6.60. The molecular weight excluding hydrogens is 266 g/mol. The zero-order valence-electron chi connectivity index (χ0n) is 10.7. The minimum Gasteiger partial charge on any atom is -0.481 e. The van der Waals surface area contributed by atoms with E-state index in [0.717, 1.165) is 12.0 Å². The van der Waals surface area contributed by atoms with Crippen molar-refractivity contribution in [2.24, 2.45) is 0 Å². The molecule has 1 saturated carbocycles. The van der Waals surface area contributed by atoms with E-state index in [1.807, 2.05) is 6.92 Å². The van der Waals surface area contributed by atoms with Crippen molar-refractivity contribution in [3.05, 3.63) is 34.3 Å². The fourth-order valence-corrected chi connectivity index (χ4v) is 2.47. The summed E-state index contributed by atoms with van der Waals surface area (Å²) in [4.78, 5) is 23.0. The molecule has 1 aromatic rings. The lowest BCUT2D eigenvalue weighted by atomic mass is 9.74. The predicted molar refractivity (Wildman–Crippen MR) is 72.5 cm³/mol. The molecule has 0 radical (unpaired) electrons. The second-order valence-corrected chi connectivity index (χ2v) is 5.53. The van der Waals surface area contributed by atoms with Crippen LogP contribution in [0.5, 0.6) is 0 Å². The van der Waals surface area contributed by atoms with Crippen molar-refractivity contribution >= 4 is 23.5 Å². The molecule has 0 saturated heterocycles. The van der Waals surface area contributed by atoms with Crippen LogP contribution in [0.15, 0.2) is 18.2 Å². The highest BCUT2D eigenvalue weighted by Gasteiger charge is 2.40. The topological polar surface area (TPSA) is 66.4 Å². The summed E-state index contributed by atoms with van der Waals surface area (Å²) in [5.74, 6) is -1.15. The minimum absolute atomic E-state index is 0.0294. The average Bonchev–Trinajstić information content (AvgIpc) is 2.29. The van der Waals surface area contributed by atoms with Gasteiger partial charge < -0.3 is 10.4 Å². The maximum atomic E-state index is 12.1. The largest absolute Gasteiger partial charge is 0.481 e. The van der Waals surface area contributed by atoms with Crippen LogP contribution in [-0.4, -0.2) is 22.5 Å². The van der Waals surface area contributed by atoms with Crippen LogP contribution in [0.3, 0.4) is 0 Å². The Balaban J connectivity index is 2.11. The van der Waals surface area contributed by atoms with Gasteiger partial charge in [0.25, 0.3) is 5.91 Å². The molecule has 0 spiro atoms. The van der Waals surface area contributed by atoms with Crippen LogP contribution < -0.4 is 5.32 Å². The highest BCUT2D eigenvalue weighted by atomic mass is 35.5. The lowest BCUT2D eigenvalue weighted by molar-refractivity contribution is -0.139. The van der Waals surface area contributed by atoms with Gasteiger partial charge in [-0.05, 0) is 43.9 Å². The van der Waals surface area contributed by atoms with Crippen molar-refractivity contribution in [3.63, 3.8) is 0 Å². The van der Waals surface area contributed by atoms with Crippen LogP contribution in [0, 0.1) is 6.92 Å². The molecule has 0 unspecified atom stereocenters. The molecule has 0 bridgehead atoms. The van der Waals surface area contributed by atoms with Crippen molar-refractivity contribution in [1.82, 2.24) is 5.32 Å². The lowest BCUT2D eigenvalue weighted by Gasteiger charge is -2.41. The van der Waals surface area contributed by atoms with Crippen molar-refractivity contribution < 1.29 is 14.7 Å². The normalized spacial score (nSPS) is 16.5. The second kappa shape index (κ2) is 5.21. The van der Waals surface area contributed by atoms with E-state index in [1.54, 1.807) is 18.2 Å². The van der Waals surface area contributed by atoms with Crippen molar-refractivity contribution in [2.75, 3.05) is 0 Å². The van der Waals surface area contributed by atoms with Gasteiger partial charge in [-0.1, -0.05) is 17.7 Å². The molecule has 0 aliphatic heterocycles. The van der Waals surface area contributed by atoms with Crippen molar-refractivity contribution in [3.8, 4) is 0 Å². The third kappa shape index (κ3) is 3.07. The molecule has 102 valence electrons. The Morgan fingerprint density at radius 2 is 2.11 bits per heavy atom. The van der Waals surface area contributed by atoms with Crippen LogP contribution >= 0.6 is 11.6 Å². The van der Waals surface area contributed by atoms with Gasteiger partial charge in [-0.25, -0.2) is 0 Å². The Hall–Kier alpha value is -1.55. The molecule has 1 aliphatic rings. The summed E-state index contributed by atoms with van der Waals surface area (Å²) < 4.78 is 0. The van der Waals surface area contributed by atoms with E-state index >= 15 is 0 Å². The highest BCUT2D eigenvalue weighted by molar-refractivity contribution is 6.31. The van der Waals surface area contributed by atoms with Gasteiger partial charge in [0.05, 0.1) is 12.0 Å². The van der Waals surface area contributed by atoms with Gasteiger partial charge in [-0.3, -0.25) is 9.59 Å². The number of halogens is 1. The second-order valence-electron chi connectivity index (χ2n) is 5.12. The molecule has 2 rings (SSSR count). The molecule has 1 aromatic carbocycles. The number of nitrogens with one attached hydrogen (secondary N) is 1. The first-order valence-electron chi connectivity index (χ1n) is 6.22. The molecule has 1 fully saturated rings. The SMILES string of the molecule is Cc1ccc(C(=O)NC2(CC(=O)O)CCC2)cc1Cl. The number of hydrogen-bond acceptors (Lipinski definition) is 2. The first-order chi connectivity index (χ1) is 8.92. The standard InChI is InChI=1S/C14H16ClNO3/c1-9-3-4-10(7-11(9)15)13(19)16-14(5-2-6-14)8-12(17)18/h3-4,7H,2,5-6,8H2,1H3,(H,16,19)(H,17,18). The molecule has 0 atom stereocenters. The molecule has 0 heterocycles. The summed E-state index contributed by atoms with van der Waals surface area (Å²) in [7, 11) is 0. The monoisotopic (exact) mass is 281 g/mol. The van der Waals surface area contributed by atoms with E-state index in [4.69, 9.17) is 16.7 Å². The predicted octanol–water partition coefficient (Wildman–Crippen LogP) is 2.78. The third-order valence-corrected chi connectivity index (χ3v) is 4.02. The maximum Gasteiger partial charge on any atom is 0.305 e. The number of rotatable bonds is 4. The van der Waals surface area contributed by atoms with Crippen LogP contribution in [0.2, 0.25) is 5.02 Å². The summed E-state index contributed by atoms with van der Waals surface area (Å²) >= 11 is 5.99. The number of carbonyl (C=O) groups excluding carboxylic acids is 1. The number of aryl methyl sites for hydroxylation is 1. The van der Waals surface area contributed by atoms with Crippen LogP contribution in [0.4, 0.5) is 0 Å². The number of hydrogen-bond donors (Lipinski definition) is 2. The number of aliphatic carboxylic acids is 1. The van der Waals surface area contributed by atoms with Gasteiger partial charge in [-0.2, -0.15) is 0 Å². The first kappa shape index (κ1) is 13.9. The van der Waals surface area contributed by atoms with Gasteiger partial charge in [0.2, 0.25) is 0 Å². The van der Waals surface area contributed by atoms with Gasteiger partial charge in [0, 0.05) is 10.6 Å². The summed E-state index contributed by atoms with van der Waals surface area (Å²) in [6, 6.07) is 5.09. The molecule has 2 N–H and O–H groups in total. The third-order valence-electron chi connectivity index (χ3n) is 3.61. The molecule has 19 heavy (non-hydrogen) atoms. The Labute approximate surface area is 116 Å². The molecule has 5 heteroatoms. The number of carboxylic acid groups (broad SMARTS) is 1. The zero-order chi connectivity index (χ0) is 14.0. The number of carboxylic acids is 1. The van der Waals surface area contributed by atoms with E-state index in [-0.39, 0.29) is 12.3 Å². The number of benzene rings is 1. The lowest BCUT2D eigenvalue weighted by Crippen LogP contribution is -2.54.